The molecule has 1 saturated carbocycles. The van der Waals surface area contributed by atoms with E-state index in [1.807, 2.05) is 56.6 Å². The van der Waals surface area contributed by atoms with Gasteiger partial charge in [0.05, 0.1) is 28.9 Å². The van der Waals surface area contributed by atoms with Gasteiger partial charge in [-0.3, -0.25) is 23.6 Å². The number of nitrogens with one attached hydrogen (secondary N) is 3. The summed E-state index contributed by atoms with van der Waals surface area (Å²) in [5.74, 6) is 6.06. The SMILES string of the molecule is CNS(=O)(=O)Nc1nn2cccnc2c1C(=O)N[C@@H](C)c1c2c3c(ccc(C#Cc4cnn(C)c4)c3c(=O)n1-c1ccccc1)[C@@H]1C[C@H]21. The van der Waals surface area contributed by atoms with Crippen LogP contribution in [0.3, 0.4) is 0 Å². The molecule has 0 spiro atoms. The molecule has 0 aliphatic heterocycles. The zero-order chi connectivity index (χ0) is 33.3. The average Bonchev–Trinajstić information content (AvgIpc) is 3.44. The minimum Gasteiger partial charge on any atom is -0.344 e. The third-order valence-electron chi connectivity index (χ3n) is 8.94. The Morgan fingerprint density at radius 2 is 1.88 bits per heavy atom. The number of fused-ring (bicyclic) bond motifs is 4. The van der Waals surface area contributed by atoms with Crippen LogP contribution in [0, 0.1) is 11.8 Å². The van der Waals surface area contributed by atoms with E-state index in [2.05, 4.69) is 47.8 Å². The van der Waals surface area contributed by atoms with Gasteiger partial charge in [-0.2, -0.15) is 13.5 Å². The molecule has 1 amide bonds. The number of hydrogen-bond donors (Lipinski definition) is 3. The van der Waals surface area contributed by atoms with Crippen LogP contribution in [-0.2, 0) is 17.3 Å². The number of anilines is 1. The third kappa shape index (κ3) is 4.74. The molecule has 14 heteroatoms. The van der Waals surface area contributed by atoms with Gasteiger partial charge in [0.25, 0.3) is 21.7 Å². The lowest BCUT2D eigenvalue weighted by molar-refractivity contribution is 0.0941. The first-order valence-corrected chi connectivity index (χ1v) is 16.8. The summed E-state index contributed by atoms with van der Waals surface area (Å²) >= 11 is 0. The molecular formula is C34H29N9O4S. The van der Waals surface area contributed by atoms with Crippen LogP contribution in [0.5, 0.6) is 0 Å². The van der Waals surface area contributed by atoms with Crippen LogP contribution < -0.4 is 20.3 Å². The predicted molar refractivity (Wildman–Crippen MR) is 179 cm³/mol. The van der Waals surface area contributed by atoms with E-state index in [4.69, 9.17) is 0 Å². The molecule has 6 aromatic rings. The molecule has 2 aromatic carbocycles. The second kappa shape index (κ2) is 10.9. The van der Waals surface area contributed by atoms with E-state index in [0.29, 0.717) is 22.3 Å². The number of rotatable bonds is 7. The van der Waals surface area contributed by atoms with Crippen LogP contribution in [0.15, 0.2) is 78.1 Å². The van der Waals surface area contributed by atoms with Gasteiger partial charge in [0.15, 0.2) is 11.5 Å². The zero-order valence-corrected chi connectivity index (χ0v) is 26.9. The minimum absolute atomic E-state index is 0.0509. The summed E-state index contributed by atoms with van der Waals surface area (Å²) in [6.07, 6.45) is 7.51. The summed E-state index contributed by atoms with van der Waals surface area (Å²) in [7, 11) is -0.933. The molecule has 3 N–H and O–H groups in total. The number of para-hydroxylation sites is 1. The summed E-state index contributed by atoms with van der Waals surface area (Å²) < 4.78 is 34.1. The average molecular weight is 660 g/mol. The van der Waals surface area contributed by atoms with Crippen LogP contribution in [0.25, 0.3) is 22.1 Å². The van der Waals surface area contributed by atoms with Gasteiger partial charge in [-0.05, 0) is 66.0 Å². The molecule has 240 valence electrons. The van der Waals surface area contributed by atoms with E-state index in [0.717, 1.165) is 28.5 Å². The number of pyridine rings is 1. The van der Waals surface area contributed by atoms with Crippen LogP contribution in [0.4, 0.5) is 5.82 Å². The fraction of sp³-hybridized carbons (Fsp3) is 0.206. The van der Waals surface area contributed by atoms with Crippen molar-refractivity contribution in [2.24, 2.45) is 7.05 Å². The number of hydrogen-bond acceptors (Lipinski definition) is 7. The molecule has 4 aromatic heterocycles. The molecule has 0 unspecified atom stereocenters. The Bertz CT molecular complexity index is 2540. The summed E-state index contributed by atoms with van der Waals surface area (Å²) in [4.78, 5) is 33.1. The van der Waals surface area contributed by atoms with Crippen molar-refractivity contribution < 1.29 is 13.2 Å². The molecule has 2 aliphatic carbocycles. The Hall–Kier alpha value is -5.78. The number of benzene rings is 2. The maximum absolute atomic E-state index is 14.7. The maximum atomic E-state index is 14.7. The van der Waals surface area contributed by atoms with Crippen LogP contribution >= 0.6 is 0 Å². The Morgan fingerprint density at radius 1 is 1.06 bits per heavy atom. The van der Waals surface area contributed by atoms with Gasteiger partial charge in [0.1, 0.15) is 5.56 Å². The largest absolute Gasteiger partial charge is 0.344 e. The molecule has 13 nitrogen and oxygen atoms in total. The standard InChI is InChI=1S/C34H29N9O4S/c1-19(38-33(44)29-31(40-48(46,47)35-2)39-42-15-7-14-36-32(29)42)30-28-25-16-24(25)23-13-12-21(11-10-20-17-37-41(3)18-20)26(27(23)28)34(45)43(30)22-8-5-4-6-9-22/h4-9,12-15,17-19,24-25,35H,16H2,1-3H3,(H,38,44)(H,39,40)/t19-,24-,25-/m0/s1. The van der Waals surface area contributed by atoms with E-state index in [1.165, 1.54) is 17.8 Å². The van der Waals surface area contributed by atoms with Gasteiger partial charge in [-0.15, -0.1) is 5.10 Å². The lowest BCUT2D eigenvalue weighted by Crippen LogP contribution is -2.34. The Kier molecular flexibility index (Phi) is 6.72. The monoisotopic (exact) mass is 659 g/mol. The number of amides is 1. The van der Waals surface area contributed by atoms with E-state index in [9.17, 15) is 18.0 Å². The highest BCUT2D eigenvalue weighted by Gasteiger charge is 2.50. The van der Waals surface area contributed by atoms with E-state index < -0.39 is 22.2 Å². The number of carbonyl (C=O) groups is 1. The van der Waals surface area contributed by atoms with Crippen LogP contribution in [0.2, 0.25) is 0 Å². The molecule has 0 bridgehead atoms. The Labute approximate surface area is 274 Å². The topological polar surface area (TPSA) is 157 Å². The van der Waals surface area contributed by atoms with Crippen molar-refractivity contribution in [1.82, 2.24) is 39.0 Å². The van der Waals surface area contributed by atoms with Crippen molar-refractivity contribution in [3.63, 3.8) is 0 Å². The lowest BCUT2D eigenvalue weighted by atomic mass is 9.94. The first kappa shape index (κ1) is 29.6. The van der Waals surface area contributed by atoms with Gasteiger partial charge in [-0.25, -0.2) is 14.2 Å². The molecule has 4 heterocycles. The minimum atomic E-state index is -4.01. The summed E-state index contributed by atoms with van der Waals surface area (Å²) in [6.45, 7) is 1.83. The zero-order valence-electron chi connectivity index (χ0n) is 26.1. The van der Waals surface area contributed by atoms with Crippen molar-refractivity contribution in [1.29, 1.82) is 0 Å². The second-order valence-corrected chi connectivity index (χ2v) is 13.6. The second-order valence-electron chi connectivity index (χ2n) is 11.9. The normalized spacial score (nSPS) is 16.7. The molecule has 1 fully saturated rings. The molecule has 0 saturated heterocycles. The number of aryl methyl sites for hydroxylation is 1. The third-order valence-corrected chi connectivity index (χ3v) is 9.94. The fourth-order valence-corrected chi connectivity index (χ4v) is 7.31. The number of nitrogens with zero attached hydrogens (tertiary/aromatic N) is 6. The van der Waals surface area contributed by atoms with E-state index in [1.54, 1.807) is 27.7 Å². The van der Waals surface area contributed by atoms with Gasteiger partial charge in [0, 0.05) is 43.9 Å². The fourth-order valence-electron chi connectivity index (χ4n) is 6.82. The first-order valence-electron chi connectivity index (χ1n) is 15.3. The molecule has 3 atom stereocenters. The van der Waals surface area contributed by atoms with Crippen LogP contribution in [0.1, 0.15) is 69.5 Å². The Balaban J connectivity index is 1.30. The predicted octanol–water partition coefficient (Wildman–Crippen LogP) is 3.12. The number of carbonyl (C=O) groups excluding carboxylic acids is 1. The first-order chi connectivity index (χ1) is 23.1. The quantitative estimate of drug-likeness (QED) is 0.222. The highest BCUT2D eigenvalue weighted by Crippen LogP contribution is 2.64. The molecule has 2 aliphatic rings. The van der Waals surface area contributed by atoms with Gasteiger partial charge in [0.2, 0.25) is 0 Å². The molecule has 48 heavy (non-hydrogen) atoms. The molecule has 0 radical (unpaired) electrons. The van der Waals surface area contributed by atoms with Crippen LogP contribution in [-0.4, -0.2) is 50.3 Å². The number of aromatic nitrogens is 6. The van der Waals surface area contributed by atoms with Crippen molar-refractivity contribution in [2.75, 3.05) is 11.8 Å². The van der Waals surface area contributed by atoms with Gasteiger partial charge in [-0.1, -0.05) is 36.1 Å². The molecule has 8 rings (SSSR count). The maximum Gasteiger partial charge on any atom is 0.300 e. The van der Waals surface area contributed by atoms with Crippen molar-refractivity contribution in [2.45, 2.75) is 31.2 Å². The Morgan fingerprint density at radius 3 is 2.62 bits per heavy atom. The van der Waals surface area contributed by atoms with Crippen molar-refractivity contribution >= 4 is 38.4 Å². The summed E-state index contributed by atoms with van der Waals surface area (Å²) in [5, 5.41) is 13.0. The van der Waals surface area contributed by atoms with Crippen molar-refractivity contribution in [3.05, 3.63) is 117 Å². The van der Waals surface area contributed by atoms with Gasteiger partial charge < -0.3 is 5.32 Å². The van der Waals surface area contributed by atoms with E-state index in [-0.39, 0.29) is 34.4 Å². The summed E-state index contributed by atoms with van der Waals surface area (Å²) in [5.41, 5.74) is 4.68. The lowest BCUT2D eigenvalue weighted by Gasteiger charge is -2.25. The highest BCUT2D eigenvalue weighted by atomic mass is 32.2. The molecular weight excluding hydrogens is 631 g/mol. The van der Waals surface area contributed by atoms with E-state index >= 15 is 0 Å². The van der Waals surface area contributed by atoms with Crippen molar-refractivity contribution in [3.8, 4) is 17.5 Å². The highest BCUT2D eigenvalue weighted by molar-refractivity contribution is 7.90. The van der Waals surface area contributed by atoms with Gasteiger partial charge >= 0.3 is 0 Å². The smallest absolute Gasteiger partial charge is 0.300 e. The summed E-state index contributed by atoms with van der Waals surface area (Å²) in [6, 6.07) is 14.3.